The summed E-state index contributed by atoms with van der Waals surface area (Å²) in [6.45, 7) is 14.3. The number of hydrogen-bond acceptors (Lipinski definition) is 12. The molecule has 0 saturated heterocycles. The molecule has 9 rings (SSSR count). The number of hydrogen-bond donors (Lipinski definition) is 6. The van der Waals surface area contributed by atoms with Crippen LogP contribution in [0.3, 0.4) is 0 Å². The molecule has 366 valence electrons. The van der Waals surface area contributed by atoms with Crippen molar-refractivity contribution in [1.82, 2.24) is 45.5 Å². The lowest BCUT2D eigenvalue weighted by Gasteiger charge is -2.27. The van der Waals surface area contributed by atoms with Crippen LogP contribution in [0.1, 0.15) is 91.3 Å². The summed E-state index contributed by atoms with van der Waals surface area (Å²) in [6.07, 6.45) is 13.1. The van der Waals surface area contributed by atoms with E-state index >= 15 is 0 Å². The number of nitrogens with two attached hydrogens (primary N) is 3. The number of nitrogens with one attached hydrogen (secondary N) is 3. The molecule has 9 aromatic rings. The summed E-state index contributed by atoms with van der Waals surface area (Å²) in [4.78, 5) is 13.6. The number of rotatable bonds is 15. The van der Waals surface area contributed by atoms with Crippen LogP contribution in [0.15, 0.2) is 110 Å². The Kier molecular flexibility index (Phi) is 15.5. The number of halogens is 2. The van der Waals surface area contributed by atoms with Crippen molar-refractivity contribution in [2.24, 2.45) is 17.2 Å². The Morgan fingerprint density at radius 1 is 0.500 bits per heavy atom. The van der Waals surface area contributed by atoms with E-state index in [2.05, 4.69) is 72.4 Å². The molecular weight excluding hydrogens is 891 g/mol. The van der Waals surface area contributed by atoms with Crippen molar-refractivity contribution in [3.63, 3.8) is 0 Å². The first kappa shape index (κ1) is 50.5. The first-order valence-corrected chi connectivity index (χ1v) is 23.4. The molecule has 0 fully saturated rings. The summed E-state index contributed by atoms with van der Waals surface area (Å²) in [6, 6.07) is 23.1. The highest BCUT2D eigenvalue weighted by Crippen LogP contribution is 2.39. The zero-order valence-corrected chi connectivity index (χ0v) is 40.9. The first-order valence-electron chi connectivity index (χ1n) is 23.4. The van der Waals surface area contributed by atoms with Gasteiger partial charge in [-0.2, -0.15) is 24.1 Å². The van der Waals surface area contributed by atoms with Gasteiger partial charge < -0.3 is 31.4 Å². The number of fused-ring (bicyclic) bond motifs is 3. The number of H-pyrrole nitrogens is 3. The topological polar surface area (TPSA) is 230 Å². The molecule has 3 aromatic carbocycles. The summed E-state index contributed by atoms with van der Waals surface area (Å²) in [5, 5.41) is 23.2. The Labute approximate surface area is 406 Å². The van der Waals surface area contributed by atoms with Gasteiger partial charge in [-0.15, -0.1) is 0 Å². The molecule has 15 nitrogen and oxygen atoms in total. The van der Waals surface area contributed by atoms with Gasteiger partial charge in [0.1, 0.15) is 17.2 Å². The third-order valence-electron chi connectivity index (χ3n) is 12.1. The van der Waals surface area contributed by atoms with Crippen LogP contribution in [0.2, 0.25) is 0 Å². The molecule has 0 bridgehead atoms. The number of benzene rings is 3. The zero-order chi connectivity index (χ0) is 50.2. The fraction of sp³-hybridized carbons (Fsp3) is 0.321. The SMILES string of the molecule is CC(C)(N)c1ccc(-c2ccc3[nH]ncc3c2OC(F)F)nc1.CCCOc1c(-c2ccc(C(C)(C)N)cn2)ccc2[nH]ncc12.CCOc1c(-c2ccc(C(N)(CC)CC)cn2)ccc2[nH]ncc12. The minimum absolute atomic E-state index is 0.0542. The molecule has 0 aliphatic rings. The second-order valence-electron chi connectivity index (χ2n) is 18.1. The van der Waals surface area contributed by atoms with Gasteiger partial charge in [-0.1, -0.05) is 39.0 Å². The van der Waals surface area contributed by atoms with E-state index in [1.54, 1.807) is 36.8 Å². The highest BCUT2D eigenvalue weighted by atomic mass is 19.3. The van der Waals surface area contributed by atoms with Gasteiger partial charge in [-0.3, -0.25) is 30.2 Å². The van der Waals surface area contributed by atoms with Gasteiger partial charge >= 0.3 is 6.61 Å². The van der Waals surface area contributed by atoms with Crippen LogP contribution in [-0.4, -0.2) is 65.4 Å². The number of aromatic amines is 3. The molecule has 17 heteroatoms. The van der Waals surface area contributed by atoms with Crippen LogP contribution >= 0.6 is 0 Å². The maximum absolute atomic E-state index is 12.8. The molecule has 6 heterocycles. The minimum atomic E-state index is -2.93. The van der Waals surface area contributed by atoms with Crippen molar-refractivity contribution in [3.8, 4) is 51.0 Å². The van der Waals surface area contributed by atoms with E-state index in [0.29, 0.717) is 35.4 Å². The molecule has 0 amide bonds. The minimum Gasteiger partial charge on any atom is -0.492 e. The summed E-state index contributed by atoms with van der Waals surface area (Å²) in [5.41, 5.74) is 27.5. The lowest BCUT2D eigenvalue weighted by Crippen LogP contribution is -2.35. The third kappa shape index (κ3) is 11.2. The fourth-order valence-corrected chi connectivity index (χ4v) is 7.83. The quantitative estimate of drug-likeness (QED) is 0.0564. The average Bonchev–Trinajstić information content (AvgIpc) is 4.16. The van der Waals surface area contributed by atoms with Crippen LogP contribution in [0.5, 0.6) is 17.2 Å². The second-order valence-corrected chi connectivity index (χ2v) is 18.1. The van der Waals surface area contributed by atoms with Crippen molar-refractivity contribution in [2.75, 3.05) is 13.2 Å². The fourth-order valence-electron chi connectivity index (χ4n) is 7.83. The van der Waals surface area contributed by atoms with Crippen LogP contribution in [0, 0.1) is 0 Å². The summed E-state index contributed by atoms with van der Waals surface area (Å²) in [7, 11) is 0. The number of ether oxygens (including phenoxy) is 3. The van der Waals surface area contributed by atoms with Crippen LogP contribution in [-0.2, 0) is 16.6 Å². The Balaban J connectivity index is 0.000000155. The van der Waals surface area contributed by atoms with Gasteiger partial charge in [0.25, 0.3) is 0 Å². The van der Waals surface area contributed by atoms with E-state index in [9.17, 15) is 8.78 Å². The van der Waals surface area contributed by atoms with Crippen molar-refractivity contribution in [1.29, 1.82) is 0 Å². The van der Waals surface area contributed by atoms with E-state index in [1.165, 1.54) is 6.20 Å². The maximum atomic E-state index is 12.8. The van der Waals surface area contributed by atoms with E-state index in [0.717, 1.165) is 91.8 Å². The number of pyridine rings is 3. The van der Waals surface area contributed by atoms with Gasteiger partial charge in [0.15, 0.2) is 0 Å². The smallest absolute Gasteiger partial charge is 0.387 e. The highest BCUT2D eigenvalue weighted by Gasteiger charge is 2.24. The predicted octanol–water partition coefficient (Wildman–Crippen LogP) is 11.0. The molecular formula is C53H62F2N12O3. The molecule has 0 atom stereocenters. The second kappa shape index (κ2) is 21.5. The predicted molar refractivity (Wildman–Crippen MR) is 272 cm³/mol. The lowest BCUT2D eigenvalue weighted by molar-refractivity contribution is -0.0484. The number of nitrogens with zero attached hydrogens (tertiary/aromatic N) is 6. The largest absolute Gasteiger partial charge is 0.492 e. The van der Waals surface area contributed by atoms with E-state index in [1.807, 2.05) is 95.5 Å². The van der Waals surface area contributed by atoms with Crippen LogP contribution in [0.4, 0.5) is 8.78 Å². The van der Waals surface area contributed by atoms with Crippen LogP contribution in [0.25, 0.3) is 66.5 Å². The Hall–Kier alpha value is -7.34. The maximum Gasteiger partial charge on any atom is 0.387 e. The van der Waals surface area contributed by atoms with Crippen molar-refractivity contribution in [3.05, 3.63) is 127 Å². The van der Waals surface area contributed by atoms with Crippen LogP contribution < -0.4 is 31.4 Å². The molecule has 70 heavy (non-hydrogen) atoms. The summed E-state index contributed by atoms with van der Waals surface area (Å²) in [5.74, 6) is 1.69. The third-order valence-corrected chi connectivity index (χ3v) is 12.1. The Morgan fingerprint density at radius 2 is 0.886 bits per heavy atom. The van der Waals surface area contributed by atoms with Gasteiger partial charge in [0.2, 0.25) is 0 Å². The van der Waals surface area contributed by atoms with E-state index in [4.69, 9.17) is 31.4 Å². The molecule has 0 spiro atoms. The molecule has 0 aliphatic heterocycles. The summed E-state index contributed by atoms with van der Waals surface area (Å²) >= 11 is 0. The monoisotopic (exact) mass is 953 g/mol. The first-order chi connectivity index (χ1) is 33.5. The molecule has 9 N–H and O–H groups in total. The Morgan fingerprint density at radius 3 is 1.23 bits per heavy atom. The standard InChI is InChI=1S/C19H24N4O.C18H22N4O.C16H16F2N4O/c1-4-19(20,5-2)13-7-9-16(21-11-13)14-8-10-17-15(12-22-23-17)18(14)24-6-3;1-4-9-23-17-13(6-8-16-14(17)11-21-22-16)15-7-5-12(10-20-15)18(2,3)19;1-16(2,19)9-3-5-12(20-7-9)10-4-6-13-11(8-21-22-13)14(10)23-15(17)18/h7-12H,4-6,20H2,1-3H3,(H,22,23);5-8,10-11H,4,9,19H2,1-3H3,(H,21,22);3-8,15H,19H2,1-2H3,(H,21,22). The van der Waals surface area contributed by atoms with E-state index < -0.39 is 17.7 Å². The van der Waals surface area contributed by atoms with Gasteiger partial charge in [0.05, 0.1) is 81.6 Å². The van der Waals surface area contributed by atoms with E-state index in [-0.39, 0.29) is 11.3 Å². The van der Waals surface area contributed by atoms with Gasteiger partial charge in [-0.05, 0) is 125 Å². The zero-order valence-electron chi connectivity index (χ0n) is 40.9. The van der Waals surface area contributed by atoms with Crippen molar-refractivity contribution < 1.29 is 23.0 Å². The normalized spacial score (nSPS) is 11.9. The summed E-state index contributed by atoms with van der Waals surface area (Å²) < 4.78 is 42.1. The lowest BCUT2D eigenvalue weighted by atomic mass is 9.87. The molecule has 0 aliphatic carbocycles. The number of alkyl halides is 2. The van der Waals surface area contributed by atoms with Crippen molar-refractivity contribution >= 4 is 32.7 Å². The molecule has 0 radical (unpaired) electrons. The number of aromatic nitrogens is 9. The molecule has 6 aromatic heterocycles. The highest BCUT2D eigenvalue weighted by molar-refractivity contribution is 5.94. The molecule has 0 unspecified atom stereocenters. The molecule has 0 saturated carbocycles. The average molecular weight is 953 g/mol. The van der Waals surface area contributed by atoms with Crippen molar-refractivity contribution in [2.45, 2.75) is 97.9 Å². The Bertz CT molecular complexity index is 3110. The van der Waals surface area contributed by atoms with Gasteiger partial charge in [0, 0.05) is 51.9 Å². The van der Waals surface area contributed by atoms with Gasteiger partial charge in [-0.25, -0.2) is 0 Å².